The molecule has 0 bridgehead atoms. The second-order valence-electron chi connectivity index (χ2n) is 6.09. The fourth-order valence-corrected chi connectivity index (χ4v) is 3.95. The number of aliphatic carboxylic acids is 1. The Hall–Kier alpha value is -3.29. The molecule has 13 heteroatoms. The smallest absolute Gasteiger partial charge is 0.318 e. The van der Waals surface area contributed by atoms with Crippen LogP contribution in [0.1, 0.15) is 0 Å². The van der Waals surface area contributed by atoms with Crippen LogP contribution in [-0.4, -0.2) is 59.5 Å². The predicted molar refractivity (Wildman–Crippen MR) is 112 cm³/mol. The standard InChI is InChI=1S/C18H17N5O6S2/c1-19-31(27,28)15-5-3-4-11(9-15)12-6-13(8-14(7-12)23(26)29-2)17-20-18(22-21-17)30-10-16(24)25/h3-9,19H,10H2,1-2H3,(H-,20,21,22,24,25)/p+1. The summed E-state index contributed by atoms with van der Waals surface area (Å²) in [5.41, 5.74) is 1.70. The lowest BCUT2D eigenvalue weighted by molar-refractivity contribution is -0.736. The average molecular weight is 465 g/mol. The highest BCUT2D eigenvalue weighted by atomic mass is 32.2. The van der Waals surface area contributed by atoms with Gasteiger partial charge in [-0.25, -0.2) is 23.0 Å². The van der Waals surface area contributed by atoms with E-state index in [1.54, 1.807) is 24.3 Å². The topological polar surface area (TPSA) is 154 Å². The van der Waals surface area contributed by atoms with Crippen molar-refractivity contribution in [3.63, 3.8) is 0 Å². The van der Waals surface area contributed by atoms with E-state index in [-0.39, 0.29) is 21.5 Å². The van der Waals surface area contributed by atoms with Crippen molar-refractivity contribution in [3.8, 4) is 22.5 Å². The minimum atomic E-state index is -3.66. The highest BCUT2D eigenvalue weighted by Crippen LogP contribution is 2.31. The van der Waals surface area contributed by atoms with Gasteiger partial charge in [0.1, 0.15) is 0 Å². The van der Waals surface area contributed by atoms with E-state index in [0.717, 1.165) is 11.8 Å². The summed E-state index contributed by atoms with van der Waals surface area (Å²) in [6, 6.07) is 11.0. The van der Waals surface area contributed by atoms with E-state index in [4.69, 9.17) is 9.94 Å². The quantitative estimate of drug-likeness (QED) is 0.319. The molecule has 0 saturated heterocycles. The van der Waals surface area contributed by atoms with Crippen LogP contribution >= 0.6 is 11.8 Å². The Morgan fingerprint density at radius 2 is 1.97 bits per heavy atom. The van der Waals surface area contributed by atoms with E-state index >= 15 is 0 Å². The van der Waals surface area contributed by atoms with E-state index in [0.29, 0.717) is 27.4 Å². The van der Waals surface area contributed by atoms with Gasteiger partial charge < -0.3 is 5.11 Å². The molecule has 0 amide bonds. The molecular formula is C18H18N5O6S2+. The molecule has 3 rings (SSSR count). The number of hydrogen-bond acceptors (Lipinski definition) is 8. The average Bonchev–Trinajstić information content (AvgIpc) is 3.26. The first kappa shape index (κ1) is 22.4. The van der Waals surface area contributed by atoms with Crippen LogP contribution in [0.3, 0.4) is 0 Å². The SMILES string of the molecule is CNS(=O)(=O)c1cccc(-c2cc(-c3nc(SCC(=O)O)n[nH]3)cc([N+](=O)OC)c2)c1. The number of carboxylic acids is 1. The molecule has 3 N–H and O–H groups in total. The number of sulfonamides is 1. The van der Waals surface area contributed by atoms with Crippen molar-refractivity contribution in [3.05, 3.63) is 47.4 Å². The lowest BCUT2D eigenvalue weighted by atomic mass is 10.0. The Balaban J connectivity index is 2.08. The van der Waals surface area contributed by atoms with Gasteiger partial charge in [-0.3, -0.25) is 9.89 Å². The number of hydrogen-bond donors (Lipinski definition) is 3. The van der Waals surface area contributed by atoms with Gasteiger partial charge in [-0.2, -0.15) is 0 Å². The van der Waals surface area contributed by atoms with Crippen LogP contribution in [0.15, 0.2) is 52.5 Å². The van der Waals surface area contributed by atoms with Crippen LogP contribution in [0, 0.1) is 4.91 Å². The summed E-state index contributed by atoms with van der Waals surface area (Å²) in [6.45, 7) is 0. The Labute approximate surface area is 181 Å². The number of benzene rings is 2. The van der Waals surface area contributed by atoms with Crippen molar-refractivity contribution in [2.75, 3.05) is 19.9 Å². The van der Waals surface area contributed by atoms with E-state index in [1.165, 1.54) is 32.4 Å². The van der Waals surface area contributed by atoms with Crippen LogP contribution in [0.2, 0.25) is 0 Å². The molecule has 0 fully saturated rings. The van der Waals surface area contributed by atoms with Crippen molar-refractivity contribution in [1.82, 2.24) is 19.9 Å². The van der Waals surface area contributed by atoms with Crippen LogP contribution < -0.4 is 4.72 Å². The molecule has 0 spiro atoms. The summed E-state index contributed by atoms with van der Waals surface area (Å²) < 4.78 is 26.6. The van der Waals surface area contributed by atoms with Gasteiger partial charge in [-0.05, 0) is 36.4 Å². The molecular weight excluding hydrogens is 446 g/mol. The van der Waals surface area contributed by atoms with Crippen LogP contribution in [0.5, 0.6) is 0 Å². The number of carboxylic acid groups (broad SMARTS) is 1. The van der Waals surface area contributed by atoms with Crippen LogP contribution in [0.25, 0.3) is 22.5 Å². The summed E-state index contributed by atoms with van der Waals surface area (Å²) >= 11 is 0.943. The third-order valence-corrected chi connectivity index (χ3v) is 6.35. The van der Waals surface area contributed by atoms with Crippen molar-refractivity contribution in [1.29, 1.82) is 0 Å². The number of rotatable bonds is 9. The van der Waals surface area contributed by atoms with E-state index in [1.807, 2.05) is 0 Å². The maximum Gasteiger partial charge on any atom is 0.318 e. The van der Waals surface area contributed by atoms with Crippen LogP contribution in [-0.2, 0) is 19.7 Å². The van der Waals surface area contributed by atoms with Gasteiger partial charge in [-0.1, -0.05) is 23.9 Å². The molecule has 0 atom stereocenters. The largest absolute Gasteiger partial charge is 0.481 e. The lowest BCUT2D eigenvalue weighted by Crippen LogP contribution is -2.18. The van der Waals surface area contributed by atoms with Gasteiger partial charge in [0, 0.05) is 17.7 Å². The summed E-state index contributed by atoms with van der Waals surface area (Å²) in [5.74, 6) is -0.897. The molecule has 1 aromatic heterocycles. The Morgan fingerprint density at radius 3 is 2.65 bits per heavy atom. The number of H-pyrrole nitrogens is 1. The molecule has 11 nitrogen and oxygen atoms in total. The monoisotopic (exact) mass is 464 g/mol. The zero-order valence-corrected chi connectivity index (χ0v) is 18.0. The third kappa shape index (κ3) is 5.25. The molecule has 31 heavy (non-hydrogen) atoms. The first-order chi connectivity index (χ1) is 14.7. The second-order valence-corrected chi connectivity index (χ2v) is 8.92. The molecule has 162 valence electrons. The second kappa shape index (κ2) is 9.24. The van der Waals surface area contributed by atoms with E-state index in [2.05, 4.69) is 19.9 Å². The van der Waals surface area contributed by atoms with Gasteiger partial charge in [0.15, 0.2) is 12.9 Å². The maximum atomic E-state index is 12.1. The molecule has 0 radical (unpaired) electrons. The van der Waals surface area contributed by atoms with Gasteiger partial charge >= 0.3 is 11.7 Å². The van der Waals surface area contributed by atoms with Crippen molar-refractivity contribution < 1.29 is 28.1 Å². The Bertz CT molecular complexity index is 1240. The zero-order valence-electron chi connectivity index (χ0n) is 16.4. The van der Waals surface area contributed by atoms with Crippen molar-refractivity contribution in [2.24, 2.45) is 0 Å². The molecule has 1 heterocycles. The van der Waals surface area contributed by atoms with Gasteiger partial charge in [-0.15, -0.1) is 5.10 Å². The number of nitrogens with one attached hydrogen (secondary N) is 2. The number of thioether (sulfide) groups is 1. The van der Waals surface area contributed by atoms with E-state index < -0.39 is 16.0 Å². The molecule has 0 aliphatic carbocycles. The minimum Gasteiger partial charge on any atom is -0.481 e. The van der Waals surface area contributed by atoms with Gasteiger partial charge in [0.2, 0.25) is 15.2 Å². The highest BCUT2D eigenvalue weighted by Gasteiger charge is 2.21. The maximum absolute atomic E-state index is 12.1. The molecule has 0 unspecified atom stereocenters. The third-order valence-electron chi connectivity index (χ3n) is 4.10. The Morgan fingerprint density at radius 1 is 1.23 bits per heavy atom. The fourth-order valence-electron chi connectivity index (χ4n) is 2.65. The molecule has 0 aliphatic rings. The molecule has 3 aromatic rings. The van der Waals surface area contributed by atoms with Crippen molar-refractivity contribution >= 4 is 33.4 Å². The number of aromatic nitrogens is 3. The summed E-state index contributed by atoms with van der Waals surface area (Å²) in [4.78, 5) is 32.2. The molecule has 0 saturated carbocycles. The van der Waals surface area contributed by atoms with Crippen molar-refractivity contribution in [2.45, 2.75) is 10.1 Å². The number of nitrogens with zero attached hydrogens (tertiary/aromatic N) is 3. The fraction of sp³-hybridized carbons (Fsp3) is 0.167. The van der Waals surface area contributed by atoms with E-state index in [9.17, 15) is 18.1 Å². The summed E-state index contributed by atoms with van der Waals surface area (Å²) in [6.07, 6.45) is 0. The molecule has 2 aromatic carbocycles. The lowest BCUT2D eigenvalue weighted by Gasteiger charge is -2.07. The van der Waals surface area contributed by atoms with Gasteiger partial charge in [0.25, 0.3) is 4.92 Å². The number of carbonyl (C=O) groups is 1. The van der Waals surface area contributed by atoms with Crippen LogP contribution in [0.4, 0.5) is 5.69 Å². The first-order valence-corrected chi connectivity index (χ1v) is 11.2. The summed E-state index contributed by atoms with van der Waals surface area (Å²) in [7, 11) is -1.12. The first-order valence-electron chi connectivity index (χ1n) is 8.71. The zero-order chi connectivity index (χ0) is 22.6. The number of aromatic amines is 1. The molecule has 0 aliphatic heterocycles. The highest BCUT2D eigenvalue weighted by molar-refractivity contribution is 7.99. The predicted octanol–water partition coefficient (Wildman–Crippen LogP) is 2.20. The van der Waals surface area contributed by atoms with Gasteiger partial charge in [0.05, 0.1) is 15.6 Å². The Kier molecular flexibility index (Phi) is 6.68. The summed E-state index contributed by atoms with van der Waals surface area (Å²) in [5, 5.41) is 15.7. The minimum absolute atomic E-state index is 0.0668. The normalized spacial score (nSPS) is 11.3.